The minimum atomic E-state index is 0.126. The summed E-state index contributed by atoms with van der Waals surface area (Å²) in [6.45, 7) is 0.291. The summed E-state index contributed by atoms with van der Waals surface area (Å²) in [5.74, 6) is 0.790. The van der Waals surface area contributed by atoms with Gasteiger partial charge in [-0.3, -0.25) is 0 Å². The summed E-state index contributed by atoms with van der Waals surface area (Å²) in [6.07, 6.45) is 3.31. The van der Waals surface area contributed by atoms with Crippen LogP contribution in [0.15, 0.2) is 28.8 Å². The predicted molar refractivity (Wildman–Crippen MR) is 71.6 cm³/mol. The third kappa shape index (κ3) is 3.15. The normalized spacial score (nSPS) is 19.9. The molecule has 2 N–H and O–H groups in total. The summed E-state index contributed by atoms with van der Waals surface area (Å²) in [4.78, 5) is 0. The molecule has 0 saturated carbocycles. The van der Waals surface area contributed by atoms with Gasteiger partial charge in [0.05, 0.1) is 5.03 Å². The predicted octanol–water partition coefficient (Wildman–Crippen LogP) is 3.72. The van der Waals surface area contributed by atoms with Crippen LogP contribution < -0.4 is 10.5 Å². The number of benzene rings is 1. The SMILES string of the molecule is N[C@H]1CCCc2ccc(OC/C(Cl)=C/Cl)cc21. The van der Waals surface area contributed by atoms with Gasteiger partial charge in [0.15, 0.2) is 0 Å². The molecule has 1 aromatic carbocycles. The van der Waals surface area contributed by atoms with Crippen molar-refractivity contribution in [3.63, 3.8) is 0 Å². The number of aryl methyl sites for hydroxylation is 1. The third-order valence-corrected chi connectivity index (χ3v) is 3.57. The van der Waals surface area contributed by atoms with Gasteiger partial charge in [-0.15, -0.1) is 0 Å². The second kappa shape index (κ2) is 5.76. The fraction of sp³-hybridized carbons (Fsp3) is 0.385. The highest BCUT2D eigenvalue weighted by atomic mass is 35.5. The lowest BCUT2D eigenvalue weighted by Crippen LogP contribution is -2.17. The molecule has 0 saturated heterocycles. The molecule has 0 heterocycles. The first kappa shape index (κ1) is 12.7. The van der Waals surface area contributed by atoms with E-state index in [1.807, 2.05) is 12.1 Å². The first-order chi connectivity index (χ1) is 8.20. The molecule has 1 aliphatic carbocycles. The van der Waals surface area contributed by atoms with Crippen molar-refractivity contribution in [3.05, 3.63) is 39.9 Å². The van der Waals surface area contributed by atoms with Gasteiger partial charge in [0.2, 0.25) is 0 Å². The monoisotopic (exact) mass is 271 g/mol. The van der Waals surface area contributed by atoms with Crippen LogP contribution in [0.3, 0.4) is 0 Å². The average Bonchev–Trinajstić information content (AvgIpc) is 2.36. The minimum absolute atomic E-state index is 0.126. The lowest BCUT2D eigenvalue weighted by molar-refractivity contribution is 0.358. The number of halogens is 2. The molecule has 0 radical (unpaired) electrons. The molecule has 1 atom stereocenters. The van der Waals surface area contributed by atoms with Crippen molar-refractivity contribution in [1.82, 2.24) is 0 Å². The van der Waals surface area contributed by atoms with Crippen LogP contribution in [-0.2, 0) is 6.42 Å². The molecular weight excluding hydrogens is 257 g/mol. The van der Waals surface area contributed by atoms with Gasteiger partial charge < -0.3 is 10.5 Å². The van der Waals surface area contributed by atoms with Crippen molar-refractivity contribution < 1.29 is 4.74 Å². The number of fused-ring (bicyclic) bond motifs is 1. The number of hydrogen-bond donors (Lipinski definition) is 1. The van der Waals surface area contributed by atoms with Crippen molar-refractivity contribution in [1.29, 1.82) is 0 Å². The van der Waals surface area contributed by atoms with Gasteiger partial charge in [-0.2, -0.15) is 0 Å². The molecule has 1 aromatic rings. The molecule has 0 amide bonds. The fourth-order valence-corrected chi connectivity index (χ4v) is 2.20. The van der Waals surface area contributed by atoms with E-state index >= 15 is 0 Å². The van der Waals surface area contributed by atoms with Crippen molar-refractivity contribution in [2.24, 2.45) is 5.73 Å². The first-order valence-electron chi connectivity index (χ1n) is 5.66. The van der Waals surface area contributed by atoms with Crippen molar-refractivity contribution in [2.45, 2.75) is 25.3 Å². The third-order valence-electron chi connectivity index (χ3n) is 2.97. The maximum Gasteiger partial charge on any atom is 0.125 e. The Morgan fingerprint density at radius 2 is 2.35 bits per heavy atom. The van der Waals surface area contributed by atoms with Crippen LogP contribution in [-0.4, -0.2) is 6.61 Å². The molecule has 4 heteroatoms. The Morgan fingerprint density at radius 1 is 1.53 bits per heavy atom. The van der Waals surface area contributed by atoms with Gasteiger partial charge in [-0.05, 0) is 42.5 Å². The number of ether oxygens (including phenoxy) is 1. The highest BCUT2D eigenvalue weighted by molar-refractivity contribution is 6.36. The molecule has 17 heavy (non-hydrogen) atoms. The number of nitrogens with two attached hydrogens (primary N) is 1. The second-order valence-corrected chi connectivity index (χ2v) is 4.91. The molecular formula is C13H15Cl2NO. The zero-order valence-corrected chi connectivity index (χ0v) is 11.0. The zero-order chi connectivity index (χ0) is 12.3. The molecule has 0 fully saturated rings. The van der Waals surface area contributed by atoms with Gasteiger partial charge >= 0.3 is 0 Å². The van der Waals surface area contributed by atoms with Crippen molar-refractivity contribution >= 4 is 23.2 Å². The molecule has 0 bridgehead atoms. The number of hydrogen-bond acceptors (Lipinski definition) is 2. The molecule has 92 valence electrons. The summed E-state index contributed by atoms with van der Waals surface area (Å²) in [6, 6.07) is 6.18. The van der Waals surface area contributed by atoms with E-state index in [1.165, 1.54) is 16.7 Å². The number of rotatable bonds is 3. The van der Waals surface area contributed by atoms with Gasteiger partial charge in [0.1, 0.15) is 12.4 Å². The topological polar surface area (TPSA) is 35.2 Å². The Bertz CT molecular complexity index is 431. The zero-order valence-electron chi connectivity index (χ0n) is 9.46. The lowest BCUT2D eigenvalue weighted by atomic mass is 9.88. The Kier molecular flexibility index (Phi) is 4.32. The van der Waals surface area contributed by atoms with Crippen LogP contribution in [0.1, 0.15) is 30.0 Å². The Hall–Kier alpha value is -0.700. The van der Waals surface area contributed by atoms with Crippen LogP contribution in [0, 0.1) is 0 Å². The van der Waals surface area contributed by atoms with Crippen molar-refractivity contribution in [3.8, 4) is 5.75 Å². The van der Waals surface area contributed by atoms with E-state index < -0.39 is 0 Å². The summed E-state index contributed by atoms with van der Waals surface area (Å²) >= 11 is 11.2. The van der Waals surface area contributed by atoms with Gasteiger partial charge in [0, 0.05) is 11.6 Å². The molecule has 0 unspecified atom stereocenters. The highest BCUT2D eigenvalue weighted by Gasteiger charge is 2.17. The molecule has 2 rings (SSSR count). The summed E-state index contributed by atoms with van der Waals surface area (Å²) in [7, 11) is 0. The van der Waals surface area contributed by atoms with Crippen LogP contribution >= 0.6 is 23.2 Å². The van der Waals surface area contributed by atoms with Crippen LogP contribution in [0.5, 0.6) is 5.75 Å². The summed E-state index contributed by atoms with van der Waals surface area (Å²) in [5, 5.41) is 0.480. The lowest BCUT2D eigenvalue weighted by Gasteiger charge is -2.22. The largest absolute Gasteiger partial charge is 0.488 e. The molecule has 0 aromatic heterocycles. The highest BCUT2D eigenvalue weighted by Crippen LogP contribution is 2.31. The van der Waals surface area contributed by atoms with Gasteiger partial charge in [-0.25, -0.2) is 0 Å². The molecule has 0 aliphatic heterocycles. The quantitative estimate of drug-likeness (QED) is 0.910. The fourth-order valence-electron chi connectivity index (χ4n) is 2.09. The van der Waals surface area contributed by atoms with Gasteiger partial charge in [0.25, 0.3) is 0 Å². The summed E-state index contributed by atoms with van der Waals surface area (Å²) in [5.41, 5.74) is 9.92. The van der Waals surface area contributed by atoms with E-state index in [-0.39, 0.29) is 6.04 Å². The molecule has 2 nitrogen and oxygen atoms in total. The average molecular weight is 272 g/mol. The maximum atomic E-state index is 6.08. The first-order valence-corrected chi connectivity index (χ1v) is 6.48. The van der Waals surface area contributed by atoms with E-state index in [0.29, 0.717) is 11.6 Å². The Labute approximate surface area is 111 Å². The van der Waals surface area contributed by atoms with E-state index in [4.69, 9.17) is 33.7 Å². The standard InChI is InChI=1S/C13H15Cl2NO/c14-7-10(15)8-17-11-5-4-9-2-1-3-13(16)12(9)6-11/h4-7,13H,1-3,8,16H2/b10-7-/t13-/m0/s1. The van der Waals surface area contributed by atoms with Crippen molar-refractivity contribution in [2.75, 3.05) is 6.61 Å². The molecule has 1 aliphatic rings. The molecule has 0 spiro atoms. The van der Waals surface area contributed by atoms with Crippen LogP contribution in [0.4, 0.5) is 0 Å². The van der Waals surface area contributed by atoms with Crippen LogP contribution in [0.2, 0.25) is 0 Å². The smallest absolute Gasteiger partial charge is 0.125 e. The van der Waals surface area contributed by atoms with E-state index in [2.05, 4.69) is 6.07 Å². The van der Waals surface area contributed by atoms with Crippen LogP contribution in [0.25, 0.3) is 0 Å². The Morgan fingerprint density at radius 3 is 3.12 bits per heavy atom. The van der Waals surface area contributed by atoms with E-state index in [9.17, 15) is 0 Å². The second-order valence-electron chi connectivity index (χ2n) is 4.20. The van der Waals surface area contributed by atoms with E-state index in [0.717, 1.165) is 25.0 Å². The Balaban J connectivity index is 2.12. The maximum absolute atomic E-state index is 6.08. The minimum Gasteiger partial charge on any atom is -0.488 e. The summed E-state index contributed by atoms with van der Waals surface area (Å²) < 4.78 is 5.53. The van der Waals surface area contributed by atoms with Gasteiger partial charge in [-0.1, -0.05) is 29.3 Å². The van der Waals surface area contributed by atoms with E-state index in [1.54, 1.807) is 0 Å².